The fraction of sp³-hybridized carbons (Fsp3) is 0.667. The summed E-state index contributed by atoms with van der Waals surface area (Å²) in [7, 11) is 0. The molecule has 4 heteroatoms. The number of aromatic hydroxyl groups is 1. The van der Waals surface area contributed by atoms with Gasteiger partial charge in [-0.1, -0.05) is 61.1 Å². The Morgan fingerprint density at radius 2 is 1.36 bits per heavy atom. The van der Waals surface area contributed by atoms with Gasteiger partial charge in [0.1, 0.15) is 9.17 Å². The predicted molar refractivity (Wildman–Crippen MR) is 109 cm³/mol. The Hall–Kier alpha value is -0.780. The molecule has 1 aromatic carbocycles. The summed E-state index contributed by atoms with van der Waals surface area (Å²) in [5.74, 6) is 0.386. The number of carboxylic acid groups (broad SMARTS) is 1. The molecule has 3 rings (SSSR count). The van der Waals surface area contributed by atoms with Crippen molar-refractivity contribution in [2.45, 2.75) is 86.4 Å². The van der Waals surface area contributed by atoms with E-state index >= 15 is 0 Å². The van der Waals surface area contributed by atoms with Crippen molar-refractivity contribution in [1.29, 1.82) is 0 Å². The van der Waals surface area contributed by atoms with Gasteiger partial charge in [-0.25, -0.2) is 0 Å². The molecule has 1 unspecified atom stereocenters. The highest BCUT2D eigenvalue weighted by Gasteiger charge is 2.35. The first-order valence-corrected chi connectivity index (χ1v) is 10.8. The number of carbonyl (C=O) groups is 1. The van der Waals surface area contributed by atoms with Crippen LogP contribution in [-0.4, -0.2) is 16.2 Å². The Morgan fingerprint density at radius 1 is 0.960 bits per heavy atom. The fourth-order valence-corrected chi connectivity index (χ4v) is 4.84. The standard InChI is InChI=1S/C21H29IO3/c1-21(22,20(24)25)16-12-17(14-8-4-2-5-9-14)19(23)18(13-16)15-10-6-3-7-11-15/h12-15,23H,2-11H2,1H3,(H,24,25). The highest BCUT2D eigenvalue weighted by atomic mass is 127. The number of rotatable bonds is 4. The van der Waals surface area contributed by atoms with E-state index in [0.29, 0.717) is 17.6 Å². The zero-order valence-corrected chi connectivity index (χ0v) is 17.2. The molecule has 138 valence electrons. The third-order valence-corrected chi connectivity index (χ3v) is 7.29. The van der Waals surface area contributed by atoms with Gasteiger partial charge in [0.2, 0.25) is 0 Å². The molecule has 25 heavy (non-hydrogen) atoms. The third kappa shape index (κ3) is 3.99. The minimum atomic E-state index is -0.960. The molecular weight excluding hydrogens is 427 g/mol. The van der Waals surface area contributed by atoms with Crippen LogP contribution in [0.5, 0.6) is 5.75 Å². The fourth-order valence-electron chi connectivity index (χ4n) is 4.52. The normalized spacial score (nSPS) is 22.5. The summed E-state index contributed by atoms with van der Waals surface area (Å²) in [5.41, 5.74) is 2.84. The van der Waals surface area contributed by atoms with Crippen LogP contribution in [-0.2, 0) is 8.22 Å². The molecule has 2 aliphatic rings. The number of halogens is 1. The second-order valence-electron chi connectivity index (χ2n) is 7.98. The largest absolute Gasteiger partial charge is 0.507 e. The van der Waals surface area contributed by atoms with E-state index in [0.717, 1.165) is 42.4 Å². The number of benzene rings is 1. The number of hydrogen-bond acceptors (Lipinski definition) is 2. The molecular formula is C21H29IO3. The van der Waals surface area contributed by atoms with Crippen LogP contribution in [0.4, 0.5) is 0 Å². The molecule has 0 amide bonds. The molecule has 1 aromatic rings. The minimum absolute atomic E-state index is 0.372. The van der Waals surface area contributed by atoms with Gasteiger partial charge in [0.05, 0.1) is 0 Å². The van der Waals surface area contributed by atoms with Crippen LogP contribution in [0.3, 0.4) is 0 Å². The van der Waals surface area contributed by atoms with Crippen LogP contribution in [0.2, 0.25) is 0 Å². The van der Waals surface area contributed by atoms with Gasteiger partial charge < -0.3 is 10.2 Å². The van der Waals surface area contributed by atoms with Crippen LogP contribution >= 0.6 is 22.6 Å². The van der Waals surface area contributed by atoms with E-state index < -0.39 is 9.39 Å². The highest BCUT2D eigenvalue weighted by Crippen LogP contribution is 2.46. The molecule has 0 heterocycles. The van der Waals surface area contributed by atoms with Gasteiger partial charge in [0, 0.05) is 0 Å². The number of phenolic OH excluding ortho intramolecular Hbond substituents is 1. The maximum absolute atomic E-state index is 11.8. The van der Waals surface area contributed by atoms with E-state index in [1.54, 1.807) is 6.92 Å². The lowest BCUT2D eigenvalue weighted by Crippen LogP contribution is -2.26. The molecule has 2 aliphatic carbocycles. The Kier molecular flexibility index (Phi) is 5.96. The first-order valence-electron chi connectivity index (χ1n) is 9.71. The quantitative estimate of drug-likeness (QED) is 0.418. The maximum Gasteiger partial charge on any atom is 0.323 e. The van der Waals surface area contributed by atoms with Gasteiger partial charge in [-0.15, -0.1) is 0 Å². The van der Waals surface area contributed by atoms with Crippen molar-refractivity contribution in [1.82, 2.24) is 0 Å². The van der Waals surface area contributed by atoms with Gasteiger partial charge in [-0.05, 0) is 73.3 Å². The van der Waals surface area contributed by atoms with Crippen LogP contribution in [0.25, 0.3) is 0 Å². The van der Waals surface area contributed by atoms with Gasteiger partial charge in [-0.3, -0.25) is 4.79 Å². The topological polar surface area (TPSA) is 57.5 Å². The minimum Gasteiger partial charge on any atom is -0.507 e. The number of aliphatic carboxylic acids is 1. The Balaban J connectivity index is 2.07. The molecule has 0 radical (unpaired) electrons. The maximum atomic E-state index is 11.8. The van der Waals surface area contributed by atoms with Gasteiger partial charge in [0.25, 0.3) is 0 Å². The molecule has 1 atom stereocenters. The number of phenols is 1. The van der Waals surface area contributed by atoms with E-state index in [4.69, 9.17) is 0 Å². The van der Waals surface area contributed by atoms with Crippen molar-refractivity contribution in [3.8, 4) is 5.75 Å². The van der Waals surface area contributed by atoms with Crippen molar-refractivity contribution in [3.05, 3.63) is 28.8 Å². The summed E-state index contributed by atoms with van der Waals surface area (Å²) >= 11 is 2.04. The lowest BCUT2D eigenvalue weighted by molar-refractivity contribution is -0.139. The van der Waals surface area contributed by atoms with Crippen molar-refractivity contribution < 1.29 is 15.0 Å². The second kappa shape index (κ2) is 7.85. The molecule has 0 spiro atoms. The monoisotopic (exact) mass is 456 g/mol. The molecule has 2 fully saturated rings. The van der Waals surface area contributed by atoms with Crippen LogP contribution in [0.15, 0.2) is 12.1 Å². The molecule has 3 nitrogen and oxygen atoms in total. The van der Waals surface area contributed by atoms with E-state index in [-0.39, 0.29) is 0 Å². The lowest BCUT2D eigenvalue weighted by Gasteiger charge is -2.30. The summed E-state index contributed by atoms with van der Waals surface area (Å²) in [6.07, 6.45) is 11.8. The average Bonchev–Trinajstić information content (AvgIpc) is 2.63. The van der Waals surface area contributed by atoms with Crippen LogP contribution in [0, 0.1) is 0 Å². The average molecular weight is 456 g/mol. The first kappa shape index (κ1) is 19.0. The number of hydrogen-bond donors (Lipinski definition) is 2. The number of carboxylic acids is 1. The van der Waals surface area contributed by atoms with E-state index in [1.807, 2.05) is 34.7 Å². The smallest absolute Gasteiger partial charge is 0.323 e. The van der Waals surface area contributed by atoms with Crippen molar-refractivity contribution in [3.63, 3.8) is 0 Å². The highest BCUT2D eigenvalue weighted by molar-refractivity contribution is 14.1. The van der Waals surface area contributed by atoms with Gasteiger partial charge in [-0.2, -0.15) is 0 Å². The van der Waals surface area contributed by atoms with Gasteiger partial charge >= 0.3 is 5.97 Å². The van der Waals surface area contributed by atoms with Gasteiger partial charge in [0.15, 0.2) is 0 Å². The summed E-state index contributed by atoms with van der Waals surface area (Å²) in [6.45, 7) is 1.76. The SMILES string of the molecule is CC(I)(C(=O)O)c1cc(C2CCCCC2)c(O)c(C2CCCCC2)c1. The number of alkyl halides is 1. The Morgan fingerprint density at radius 3 is 1.72 bits per heavy atom. The molecule has 0 aromatic heterocycles. The second-order valence-corrected chi connectivity index (χ2v) is 10.1. The van der Waals surface area contributed by atoms with Crippen molar-refractivity contribution >= 4 is 28.6 Å². The van der Waals surface area contributed by atoms with E-state index in [1.165, 1.54) is 38.5 Å². The zero-order chi connectivity index (χ0) is 18.0. The molecule has 0 bridgehead atoms. The summed E-state index contributed by atoms with van der Waals surface area (Å²) in [5, 5.41) is 20.8. The van der Waals surface area contributed by atoms with E-state index in [9.17, 15) is 15.0 Å². The molecule has 0 saturated heterocycles. The molecule has 2 saturated carbocycles. The zero-order valence-electron chi connectivity index (χ0n) is 15.1. The first-order chi connectivity index (χ1) is 11.9. The van der Waals surface area contributed by atoms with Crippen LogP contribution < -0.4 is 0 Å². The third-order valence-electron chi connectivity index (χ3n) is 6.20. The Bertz CT molecular complexity index is 587. The Labute approximate surface area is 164 Å². The lowest BCUT2D eigenvalue weighted by atomic mass is 9.77. The molecule has 0 aliphatic heterocycles. The summed E-state index contributed by atoms with van der Waals surface area (Å²) in [4.78, 5) is 11.8. The van der Waals surface area contributed by atoms with E-state index in [2.05, 4.69) is 0 Å². The summed E-state index contributed by atoms with van der Waals surface area (Å²) in [6, 6.07) is 3.97. The molecule has 2 N–H and O–H groups in total. The predicted octanol–water partition coefficient (Wildman–Crippen LogP) is 6.22. The summed E-state index contributed by atoms with van der Waals surface area (Å²) < 4.78 is -0.960. The van der Waals surface area contributed by atoms with Crippen molar-refractivity contribution in [2.75, 3.05) is 0 Å². The van der Waals surface area contributed by atoms with Crippen LogP contribution in [0.1, 0.15) is 99.7 Å². The van der Waals surface area contributed by atoms with Crippen molar-refractivity contribution in [2.24, 2.45) is 0 Å².